The summed E-state index contributed by atoms with van der Waals surface area (Å²) in [6.07, 6.45) is -0.414. The maximum absolute atomic E-state index is 10.4. The molecule has 1 aromatic rings. The number of benzene rings is 1. The zero-order valence-electron chi connectivity index (χ0n) is 12.6. The molecule has 0 amide bonds. The summed E-state index contributed by atoms with van der Waals surface area (Å²) in [4.78, 5) is 0. The van der Waals surface area contributed by atoms with Gasteiger partial charge in [0.05, 0.1) is 6.10 Å². The van der Waals surface area contributed by atoms with Gasteiger partial charge in [0, 0.05) is 6.54 Å². The van der Waals surface area contributed by atoms with Crippen LogP contribution in [-0.2, 0) is 0 Å². The van der Waals surface area contributed by atoms with E-state index in [1.807, 2.05) is 0 Å². The fourth-order valence-electron chi connectivity index (χ4n) is 2.36. The van der Waals surface area contributed by atoms with E-state index in [4.69, 9.17) is 0 Å². The van der Waals surface area contributed by atoms with Gasteiger partial charge in [0.15, 0.2) is 0 Å². The highest BCUT2D eigenvalue weighted by Gasteiger charge is 2.16. The molecule has 2 heteroatoms. The van der Waals surface area contributed by atoms with E-state index in [2.05, 4.69) is 52.9 Å². The molecule has 0 spiro atoms. The van der Waals surface area contributed by atoms with Gasteiger partial charge in [-0.25, -0.2) is 0 Å². The van der Waals surface area contributed by atoms with Crippen molar-refractivity contribution in [3.05, 3.63) is 33.9 Å². The molecule has 0 saturated heterocycles. The number of nitrogens with one attached hydrogen (secondary N) is 1. The van der Waals surface area contributed by atoms with E-state index >= 15 is 0 Å². The number of hydrogen-bond donors (Lipinski definition) is 2. The number of aliphatic hydroxyl groups is 1. The van der Waals surface area contributed by atoms with Crippen molar-refractivity contribution in [2.45, 2.75) is 47.6 Å². The average Bonchev–Trinajstić information content (AvgIpc) is 2.26. The molecule has 1 rings (SSSR count). The van der Waals surface area contributed by atoms with Gasteiger partial charge in [0.2, 0.25) is 0 Å². The summed E-state index contributed by atoms with van der Waals surface area (Å²) < 4.78 is 0. The predicted octanol–water partition coefficient (Wildman–Crippen LogP) is 3.20. The van der Waals surface area contributed by atoms with E-state index in [1.54, 1.807) is 0 Å². The van der Waals surface area contributed by atoms with Crippen LogP contribution in [0.25, 0.3) is 0 Å². The molecule has 0 heterocycles. The minimum absolute atomic E-state index is 0.414. The second-order valence-corrected chi connectivity index (χ2v) is 5.74. The molecular formula is C16H27NO. The normalized spacial score (nSPS) is 13.1. The van der Waals surface area contributed by atoms with E-state index in [1.165, 1.54) is 22.3 Å². The maximum atomic E-state index is 10.4. The number of rotatable bonds is 5. The first-order valence-corrected chi connectivity index (χ1v) is 6.80. The lowest BCUT2D eigenvalue weighted by molar-refractivity contribution is 0.172. The molecule has 2 nitrogen and oxygen atoms in total. The van der Waals surface area contributed by atoms with Crippen LogP contribution in [0, 0.1) is 33.6 Å². The Morgan fingerprint density at radius 2 is 1.50 bits per heavy atom. The summed E-state index contributed by atoms with van der Waals surface area (Å²) in [5.74, 6) is 0.610. The van der Waals surface area contributed by atoms with Crippen LogP contribution < -0.4 is 5.32 Å². The predicted molar refractivity (Wildman–Crippen MR) is 78.1 cm³/mol. The van der Waals surface area contributed by atoms with Crippen molar-refractivity contribution in [2.24, 2.45) is 5.92 Å². The van der Waals surface area contributed by atoms with Crippen LogP contribution in [0.4, 0.5) is 0 Å². The summed E-state index contributed by atoms with van der Waals surface area (Å²) in [5.41, 5.74) is 6.06. The van der Waals surface area contributed by atoms with Crippen LogP contribution in [0.1, 0.15) is 47.8 Å². The monoisotopic (exact) mass is 249 g/mol. The van der Waals surface area contributed by atoms with Crippen LogP contribution >= 0.6 is 0 Å². The van der Waals surface area contributed by atoms with Crippen molar-refractivity contribution < 1.29 is 5.11 Å². The Hall–Kier alpha value is -0.860. The Labute approximate surface area is 111 Å². The largest absolute Gasteiger partial charge is 0.387 e. The third kappa shape index (κ3) is 3.56. The van der Waals surface area contributed by atoms with E-state index < -0.39 is 6.10 Å². The van der Waals surface area contributed by atoms with Gasteiger partial charge in [0.25, 0.3) is 0 Å². The molecule has 2 N–H and O–H groups in total. The summed E-state index contributed by atoms with van der Waals surface area (Å²) in [6, 6.07) is 2.20. The lowest BCUT2D eigenvalue weighted by atomic mass is 9.91. The van der Waals surface area contributed by atoms with Crippen LogP contribution in [-0.4, -0.2) is 18.2 Å². The van der Waals surface area contributed by atoms with Crippen LogP contribution in [0.5, 0.6) is 0 Å². The molecule has 0 fully saturated rings. The topological polar surface area (TPSA) is 32.3 Å². The SMILES string of the molecule is Cc1cc(C)c(C)c(C(O)CNCC(C)C)c1C. The maximum Gasteiger partial charge on any atom is 0.0919 e. The Bertz CT molecular complexity index is 384. The Morgan fingerprint density at radius 3 is 1.94 bits per heavy atom. The van der Waals surface area contributed by atoms with Crippen LogP contribution in [0.2, 0.25) is 0 Å². The Kier molecular flexibility index (Phi) is 5.36. The highest BCUT2D eigenvalue weighted by atomic mass is 16.3. The zero-order valence-corrected chi connectivity index (χ0v) is 12.6. The minimum atomic E-state index is -0.414. The summed E-state index contributed by atoms with van der Waals surface area (Å²) >= 11 is 0. The molecule has 1 aromatic carbocycles. The van der Waals surface area contributed by atoms with Gasteiger partial charge in [-0.2, -0.15) is 0 Å². The third-order valence-corrected chi connectivity index (χ3v) is 3.65. The minimum Gasteiger partial charge on any atom is -0.387 e. The summed E-state index contributed by atoms with van der Waals surface area (Å²) in [5, 5.41) is 13.7. The third-order valence-electron chi connectivity index (χ3n) is 3.65. The van der Waals surface area contributed by atoms with Crippen molar-refractivity contribution >= 4 is 0 Å². The molecule has 1 atom stereocenters. The molecular weight excluding hydrogens is 222 g/mol. The van der Waals surface area contributed by atoms with Crippen LogP contribution in [0.15, 0.2) is 6.07 Å². The van der Waals surface area contributed by atoms with Crippen molar-refractivity contribution in [3.63, 3.8) is 0 Å². The smallest absolute Gasteiger partial charge is 0.0919 e. The van der Waals surface area contributed by atoms with Gasteiger partial charge in [-0.05, 0) is 68.0 Å². The van der Waals surface area contributed by atoms with Crippen molar-refractivity contribution in [2.75, 3.05) is 13.1 Å². The first-order chi connectivity index (χ1) is 8.34. The van der Waals surface area contributed by atoms with Gasteiger partial charge in [-0.1, -0.05) is 19.9 Å². The zero-order chi connectivity index (χ0) is 13.9. The van der Waals surface area contributed by atoms with Gasteiger partial charge < -0.3 is 10.4 Å². The second-order valence-electron chi connectivity index (χ2n) is 5.74. The Morgan fingerprint density at radius 1 is 1.00 bits per heavy atom. The molecule has 0 aliphatic heterocycles. The molecule has 18 heavy (non-hydrogen) atoms. The molecule has 0 radical (unpaired) electrons. The van der Waals surface area contributed by atoms with Crippen molar-refractivity contribution in [1.29, 1.82) is 0 Å². The molecule has 102 valence electrons. The number of hydrogen-bond acceptors (Lipinski definition) is 2. The molecule has 0 aromatic heterocycles. The lowest BCUT2D eigenvalue weighted by Gasteiger charge is -2.21. The molecule has 0 bridgehead atoms. The Balaban J connectivity index is 2.88. The highest BCUT2D eigenvalue weighted by Crippen LogP contribution is 2.27. The molecule has 0 aliphatic rings. The van der Waals surface area contributed by atoms with Gasteiger partial charge in [-0.3, -0.25) is 0 Å². The number of aryl methyl sites for hydroxylation is 2. The van der Waals surface area contributed by atoms with Crippen LogP contribution in [0.3, 0.4) is 0 Å². The van der Waals surface area contributed by atoms with E-state index in [0.717, 1.165) is 12.1 Å². The summed E-state index contributed by atoms with van der Waals surface area (Å²) in [7, 11) is 0. The van der Waals surface area contributed by atoms with Gasteiger partial charge >= 0.3 is 0 Å². The van der Waals surface area contributed by atoms with E-state index in [0.29, 0.717) is 12.5 Å². The highest BCUT2D eigenvalue weighted by molar-refractivity contribution is 5.45. The quantitative estimate of drug-likeness (QED) is 0.840. The standard InChI is InChI=1S/C16H27NO/c1-10(2)8-17-9-15(18)16-13(5)11(3)7-12(4)14(16)6/h7,10,15,17-18H,8-9H2,1-6H3. The average molecular weight is 249 g/mol. The lowest BCUT2D eigenvalue weighted by Crippen LogP contribution is -2.26. The first kappa shape index (κ1) is 15.2. The molecule has 1 unspecified atom stereocenters. The fraction of sp³-hybridized carbons (Fsp3) is 0.625. The second kappa shape index (κ2) is 6.35. The first-order valence-electron chi connectivity index (χ1n) is 6.80. The van der Waals surface area contributed by atoms with E-state index in [9.17, 15) is 5.11 Å². The molecule has 0 saturated carbocycles. The van der Waals surface area contributed by atoms with Gasteiger partial charge in [0.1, 0.15) is 0 Å². The van der Waals surface area contributed by atoms with Crippen molar-refractivity contribution in [3.8, 4) is 0 Å². The fourth-order valence-corrected chi connectivity index (χ4v) is 2.36. The molecule has 0 aliphatic carbocycles. The van der Waals surface area contributed by atoms with Crippen molar-refractivity contribution in [1.82, 2.24) is 5.32 Å². The van der Waals surface area contributed by atoms with E-state index in [-0.39, 0.29) is 0 Å². The number of aliphatic hydroxyl groups excluding tert-OH is 1. The van der Waals surface area contributed by atoms with Gasteiger partial charge in [-0.15, -0.1) is 0 Å². The summed E-state index contributed by atoms with van der Waals surface area (Å²) in [6.45, 7) is 14.3.